The van der Waals surface area contributed by atoms with Crippen LogP contribution in [0.4, 0.5) is 11.6 Å². The van der Waals surface area contributed by atoms with Gasteiger partial charge in [-0.1, -0.05) is 20.8 Å². The minimum atomic E-state index is -0.396. The van der Waals surface area contributed by atoms with E-state index in [1.165, 1.54) is 13.3 Å². The zero-order chi connectivity index (χ0) is 25.3. The number of hydrogen-bond acceptors (Lipinski definition) is 6. The van der Waals surface area contributed by atoms with Crippen LogP contribution in [-0.2, 0) is 4.79 Å². The predicted molar refractivity (Wildman–Crippen MR) is 139 cm³/mol. The van der Waals surface area contributed by atoms with Gasteiger partial charge in [-0.05, 0) is 68.7 Å². The van der Waals surface area contributed by atoms with Gasteiger partial charge in [-0.15, -0.1) is 0 Å². The number of nitrogens with zero attached hydrogens (tertiary/aromatic N) is 2. The van der Waals surface area contributed by atoms with Gasteiger partial charge in [0.1, 0.15) is 5.75 Å². The second-order valence-corrected chi connectivity index (χ2v) is 10.8. The van der Waals surface area contributed by atoms with E-state index in [4.69, 9.17) is 19.2 Å². The van der Waals surface area contributed by atoms with Crippen molar-refractivity contribution in [1.82, 2.24) is 9.55 Å². The molecule has 0 bridgehead atoms. The monoisotopic (exact) mass is 479 g/mol. The summed E-state index contributed by atoms with van der Waals surface area (Å²) >= 11 is 0. The molecule has 0 saturated heterocycles. The van der Waals surface area contributed by atoms with E-state index in [1.54, 1.807) is 13.2 Å². The summed E-state index contributed by atoms with van der Waals surface area (Å²) in [4.78, 5) is 16.6. The van der Waals surface area contributed by atoms with Crippen molar-refractivity contribution in [1.29, 1.82) is 0 Å². The lowest BCUT2D eigenvalue weighted by atomic mass is 9.70. The highest BCUT2D eigenvalue weighted by atomic mass is 16.6. The molecule has 35 heavy (non-hydrogen) atoms. The van der Waals surface area contributed by atoms with E-state index < -0.39 is 5.97 Å². The Morgan fingerprint density at radius 1 is 1.14 bits per heavy atom. The molecule has 1 aliphatic rings. The van der Waals surface area contributed by atoms with Gasteiger partial charge < -0.3 is 24.1 Å². The largest absolute Gasteiger partial charge is 0.493 e. The van der Waals surface area contributed by atoms with Gasteiger partial charge >= 0.3 is 5.97 Å². The van der Waals surface area contributed by atoms with Gasteiger partial charge in [-0.25, -0.2) is 4.98 Å². The Morgan fingerprint density at radius 2 is 1.86 bits per heavy atom. The molecule has 2 aromatic carbocycles. The van der Waals surface area contributed by atoms with Crippen LogP contribution in [0.1, 0.15) is 66.8 Å². The number of ether oxygens (including phenoxy) is 3. The lowest BCUT2D eigenvalue weighted by Gasteiger charge is -2.40. The van der Waals surface area contributed by atoms with Gasteiger partial charge in [0.15, 0.2) is 11.5 Å². The minimum absolute atomic E-state index is 0.121. The summed E-state index contributed by atoms with van der Waals surface area (Å²) in [6, 6.07) is 11.9. The number of imidazole rings is 1. The summed E-state index contributed by atoms with van der Waals surface area (Å²) in [6.07, 6.45) is 3.44. The molecule has 0 aliphatic heterocycles. The second kappa shape index (κ2) is 9.80. The normalized spacial score (nSPS) is 19.5. The highest BCUT2D eigenvalue weighted by Gasteiger charge is 2.35. The third-order valence-electron chi connectivity index (χ3n) is 6.44. The SMILES string of the molecule is COc1cc2c(cc1OC(C)=O)nc(Nc1ccc(OC(C)C)cc1)n2[C@@H]1C[C@H](C)CC(C)(C)C1. The first kappa shape index (κ1) is 24.9. The van der Waals surface area contributed by atoms with Crippen molar-refractivity contribution in [2.45, 2.75) is 73.0 Å². The molecule has 7 heteroatoms. The number of fused-ring (bicyclic) bond motifs is 1. The second-order valence-electron chi connectivity index (χ2n) is 10.8. The lowest BCUT2D eigenvalue weighted by molar-refractivity contribution is -0.132. The molecule has 1 aromatic heterocycles. The number of anilines is 2. The molecular weight excluding hydrogens is 442 g/mol. The van der Waals surface area contributed by atoms with Crippen LogP contribution in [0.3, 0.4) is 0 Å². The average Bonchev–Trinajstić information content (AvgIpc) is 3.08. The molecular formula is C28H37N3O4. The van der Waals surface area contributed by atoms with Gasteiger partial charge in [0.2, 0.25) is 5.95 Å². The van der Waals surface area contributed by atoms with E-state index in [0.717, 1.165) is 41.3 Å². The summed E-state index contributed by atoms with van der Waals surface area (Å²) < 4.78 is 19.1. The zero-order valence-corrected chi connectivity index (χ0v) is 21.8. The Morgan fingerprint density at radius 3 is 2.46 bits per heavy atom. The van der Waals surface area contributed by atoms with Crippen LogP contribution in [0.15, 0.2) is 36.4 Å². The third kappa shape index (κ3) is 5.72. The maximum absolute atomic E-state index is 11.7. The Kier molecular flexibility index (Phi) is 6.97. The topological polar surface area (TPSA) is 74.6 Å². The van der Waals surface area contributed by atoms with Gasteiger partial charge in [0, 0.05) is 30.8 Å². The molecule has 1 heterocycles. The Hall–Kier alpha value is -3.22. The molecule has 3 aromatic rings. The molecule has 4 rings (SSSR count). The molecule has 1 saturated carbocycles. The van der Waals surface area contributed by atoms with Gasteiger partial charge in [-0.2, -0.15) is 0 Å². The molecule has 1 aliphatic carbocycles. The number of carbonyl (C=O) groups excluding carboxylic acids is 1. The molecule has 188 valence electrons. The van der Waals surface area contributed by atoms with E-state index in [0.29, 0.717) is 17.4 Å². The molecule has 7 nitrogen and oxygen atoms in total. The van der Waals surface area contributed by atoms with E-state index in [9.17, 15) is 4.79 Å². The van der Waals surface area contributed by atoms with E-state index in [-0.39, 0.29) is 17.6 Å². The summed E-state index contributed by atoms with van der Waals surface area (Å²) in [5.74, 6) is 2.68. The maximum atomic E-state index is 11.7. The Labute approximate surface area is 207 Å². The fourth-order valence-electron chi connectivity index (χ4n) is 5.47. The number of rotatable bonds is 7. The summed E-state index contributed by atoms with van der Waals surface area (Å²) in [5, 5.41) is 3.53. The van der Waals surface area contributed by atoms with Crippen LogP contribution in [0.25, 0.3) is 11.0 Å². The molecule has 0 amide bonds. The van der Waals surface area contributed by atoms with Crippen molar-refractivity contribution in [3.05, 3.63) is 36.4 Å². The van der Waals surface area contributed by atoms with Crippen molar-refractivity contribution in [3.8, 4) is 17.2 Å². The standard InChI is InChI=1S/C28H37N3O4/c1-17(2)34-22-10-8-20(9-11-22)29-27-30-23-13-26(35-19(4)32)25(33-7)14-24(23)31(27)21-12-18(3)15-28(5,6)16-21/h8-11,13-14,17-18,21H,12,15-16H2,1-7H3,(H,29,30)/t18-,21+/m0/s1. The summed E-state index contributed by atoms with van der Waals surface area (Å²) in [6.45, 7) is 12.4. The number of hydrogen-bond donors (Lipinski definition) is 1. The fraction of sp³-hybridized carbons (Fsp3) is 0.500. The van der Waals surface area contributed by atoms with Crippen molar-refractivity contribution in [2.24, 2.45) is 11.3 Å². The summed E-state index contributed by atoms with van der Waals surface area (Å²) in [7, 11) is 1.58. The quantitative estimate of drug-likeness (QED) is 0.294. The minimum Gasteiger partial charge on any atom is -0.493 e. The molecule has 0 radical (unpaired) electrons. The van der Waals surface area contributed by atoms with Crippen molar-refractivity contribution < 1.29 is 19.0 Å². The smallest absolute Gasteiger partial charge is 0.308 e. The van der Waals surface area contributed by atoms with Crippen LogP contribution < -0.4 is 19.5 Å². The predicted octanol–water partition coefficient (Wildman–Crippen LogP) is 6.89. The molecule has 1 N–H and O–H groups in total. The highest BCUT2D eigenvalue weighted by molar-refractivity contribution is 5.85. The molecule has 2 atom stereocenters. The first-order chi connectivity index (χ1) is 16.5. The molecule has 0 unspecified atom stereocenters. The van der Waals surface area contributed by atoms with Gasteiger partial charge in [0.05, 0.1) is 24.2 Å². The first-order valence-corrected chi connectivity index (χ1v) is 12.4. The highest BCUT2D eigenvalue weighted by Crippen LogP contribution is 2.47. The number of benzene rings is 2. The van der Waals surface area contributed by atoms with Crippen LogP contribution >= 0.6 is 0 Å². The average molecular weight is 480 g/mol. The number of nitrogens with one attached hydrogen (secondary N) is 1. The van der Waals surface area contributed by atoms with Gasteiger partial charge in [-0.3, -0.25) is 4.79 Å². The van der Waals surface area contributed by atoms with E-state index in [1.807, 2.05) is 44.2 Å². The molecule has 1 fully saturated rings. The Balaban J connectivity index is 1.80. The number of esters is 1. The number of carbonyl (C=O) groups is 1. The van der Waals surface area contributed by atoms with Crippen molar-refractivity contribution in [3.63, 3.8) is 0 Å². The van der Waals surface area contributed by atoms with Crippen LogP contribution in [0.2, 0.25) is 0 Å². The van der Waals surface area contributed by atoms with Crippen molar-refractivity contribution in [2.75, 3.05) is 12.4 Å². The maximum Gasteiger partial charge on any atom is 0.308 e. The molecule has 0 spiro atoms. The van der Waals surface area contributed by atoms with Gasteiger partial charge in [0.25, 0.3) is 0 Å². The fourth-order valence-corrected chi connectivity index (χ4v) is 5.47. The van der Waals surface area contributed by atoms with Crippen LogP contribution in [0.5, 0.6) is 17.2 Å². The number of methoxy groups -OCH3 is 1. The third-order valence-corrected chi connectivity index (χ3v) is 6.44. The van der Waals surface area contributed by atoms with Crippen LogP contribution in [-0.4, -0.2) is 28.7 Å². The van der Waals surface area contributed by atoms with Crippen molar-refractivity contribution >= 4 is 28.6 Å². The van der Waals surface area contributed by atoms with E-state index >= 15 is 0 Å². The van der Waals surface area contributed by atoms with E-state index in [2.05, 4.69) is 30.7 Å². The Bertz CT molecular complexity index is 1200. The zero-order valence-electron chi connectivity index (χ0n) is 21.8. The number of aromatic nitrogens is 2. The summed E-state index contributed by atoms with van der Waals surface area (Å²) in [5.41, 5.74) is 2.86. The van der Waals surface area contributed by atoms with Crippen LogP contribution in [0, 0.1) is 11.3 Å². The first-order valence-electron chi connectivity index (χ1n) is 12.4. The lowest BCUT2D eigenvalue weighted by Crippen LogP contribution is -2.29.